The van der Waals surface area contributed by atoms with Crippen LogP contribution < -0.4 is 10.6 Å². The number of hydrogen-bond donors (Lipinski definition) is 2. The first-order valence-electron chi connectivity index (χ1n) is 10.4. The van der Waals surface area contributed by atoms with E-state index in [-0.39, 0.29) is 37.1 Å². The average molecular weight is 440 g/mol. The molecule has 1 fully saturated rings. The van der Waals surface area contributed by atoms with Gasteiger partial charge in [0.2, 0.25) is 5.91 Å². The fourth-order valence-electron chi connectivity index (χ4n) is 3.86. The van der Waals surface area contributed by atoms with Crippen molar-refractivity contribution >= 4 is 11.8 Å². The van der Waals surface area contributed by atoms with Crippen molar-refractivity contribution in [3.05, 3.63) is 41.8 Å². The summed E-state index contributed by atoms with van der Waals surface area (Å²) in [5.41, 5.74) is -1.74. The molecule has 1 unspecified atom stereocenters. The Morgan fingerprint density at radius 3 is 2.48 bits per heavy atom. The van der Waals surface area contributed by atoms with Gasteiger partial charge in [0.25, 0.3) is 5.91 Å². The van der Waals surface area contributed by atoms with Gasteiger partial charge in [-0.25, -0.2) is 0 Å². The Hall–Kier alpha value is -2.62. The quantitative estimate of drug-likeness (QED) is 0.639. The van der Waals surface area contributed by atoms with E-state index in [1.165, 1.54) is 0 Å². The molecule has 2 N–H and O–H groups in total. The summed E-state index contributed by atoms with van der Waals surface area (Å²) >= 11 is 0. The number of allylic oxidation sites excluding steroid dienone is 4. The maximum Gasteiger partial charge on any atom is 0.435 e. The zero-order valence-corrected chi connectivity index (χ0v) is 17.3. The van der Waals surface area contributed by atoms with Gasteiger partial charge in [0, 0.05) is 32.3 Å². The number of aromatic nitrogens is 2. The number of halogens is 3. The van der Waals surface area contributed by atoms with Crippen LogP contribution in [0.4, 0.5) is 13.2 Å². The first kappa shape index (κ1) is 23.1. The van der Waals surface area contributed by atoms with Crippen LogP contribution in [0, 0.1) is 5.92 Å². The number of nitrogens with zero attached hydrogens (tertiary/aromatic N) is 2. The highest BCUT2D eigenvalue weighted by atomic mass is 19.4. The van der Waals surface area contributed by atoms with E-state index in [2.05, 4.69) is 15.7 Å². The van der Waals surface area contributed by atoms with Crippen LogP contribution in [0.2, 0.25) is 0 Å². The highest BCUT2D eigenvalue weighted by Gasteiger charge is 2.39. The number of carbonyl (C=O) groups excluding carboxylic acids is 2. The molecule has 3 rings (SSSR count). The number of ether oxygens (including phenoxy) is 1. The largest absolute Gasteiger partial charge is 0.435 e. The zero-order valence-electron chi connectivity index (χ0n) is 17.3. The van der Waals surface area contributed by atoms with Crippen LogP contribution >= 0.6 is 0 Å². The number of hydrogen-bond acceptors (Lipinski definition) is 4. The molecule has 1 atom stereocenters. The number of amides is 2. The van der Waals surface area contributed by atoms with Crippen LogP contribution in [-0.4, -0.2) is 47.9 Å². The second-order valence-electron chi connectivity index (χ2n) is 7.74. The second-order valence-corrected chi connectivity index (χ2v) is 7.74. The van der Waals surface area contributed by atoms with E-state index in [0.29, 0.717) is 6.42 Å². The number of methoxy groups -OCH3 is 1. The molecule has 2 amide bonds. The molecule has 1 aromatic rings. The number of alkyl halides is 3. The maximum absolute atomic E-state index is 13.4. The zero-order chi connectivity index (χ0) is 22.4. The lowest BCUT2D eigenvalue weighted by Crippen LogP contribution is -2.39. The Morgan fingerprint density at radius 2 is 1.87 bits per heavy atom. The van der Waals surface area contributed by atoms with Crippen molar-refractivity contribution < 1.29 is 27.5 Å². The van der Waals surface area contributed by atoms with Gasteiger partial charge in [-0.3, -0.25) is 14.3 Å². The van der Waals surface area contributed by atoms with Gasteiger partial charge in [-0.05, 0) is 32.1 Å². The summed E-state index contributed by atoms with van der Waals surface area (Å²) in [6.45, 7) is 0.160. The third-order valence-electron chi connectivity index (χ3n) is 5.63. The van der Waals surface area contributed by atoms with Crippen LogP contribution in [0.3, 0.4) is 0 Å². The molecule has 2 aliphatic carbocycles. The molecule has 0 spiro atoms. The molecule has 170 valence electrons. The number of rotatable bonds is 7. The van der Waals surface area contributed by atoms with Crippen LogP contribution in [0.15, 0.2) is 30.5 Å². The molecule has 1 heterocycles. The normalized spacial score (nSPS) is 23.5. The summed E-state index contributed by atoms with van der Waals surface area (Å²) in [4.78, 5) is 24.6. The van der Waals surface area contributed by atoms with Crippen molar-refractivity contribution in [2.24, 2.45) is 5.92 Å². The highest BCUT2D eigenvalue weighted by Crippen LogP contribution is 2.32. The van der Waals surface area contributed by atoms with E-state index >= 15 is 0 Å². The van der Waals surface area contributed by atoms with Crippen molar-refractivity contribution in [2.75, 3.05) is 20.2 Å². The third kappa shape index (κ3) is 5.96. The van der Waals surface area contributed by atoms with Crippen LogP contribution in [0.25, 0.3) is 0 Å². The molecule has 0 aliphatic heterocycles. The molecular formula is C21H27F3N4O3. The predicted molar refractivity (Wildman–Crippen MR) is 107 cm³/mol. The lowest BCUT2D eigenvalue weighted by atomic mass is 9.87. The third-order valence-corrected chi connectivity index (χ3v) is 5.63. The summed E-state index contributed by atoms with van der Waals surface area (Å²) in [6, 6.07) is -0.375. The minimum Gasteiger partial charge on any atom is -0.381 e. The van der Waals surface area contributed by atoms with Gasteiger partial charge < -0.3 is 15.4 Å². The van der Waals surface area contributed by atoms with E-state index in [1.807, 2.05) is 6.08 Å². The molecule has 0 saturated heterocycles. The Morgan fingerprint density at radius 1 is 1.16 bits per heavy atom. The van der Waals surface area contributed by atoms with Crippen molar-refractivity contribution in [3.63, 3.8) is 0 Å². The lowest BCUT2D eigenvalue weighted by molar-refractivity contribution is -0.141. The van der Waals surface area contributed by atoms with Gasteiger partial charge in [-0.15, -0.1) is 0 Å². The second kappa shape index (κ2) is 10.1. The molecule has 1 aromatic heterocycles. The standard InChI is InChI=1S/C21H27F3N4O3/c1-31-16-9-7-14(8-10-16)19(29)25-11-12-26-20(30)17-13-28(15-5-3-2-4-6-15)27-18(17)21(22,23)24/h2-5,13-16H,6-12H2,1H3,(H,25,29)(H,26,30). The lowest BCUT2D eigenvalue weighted by Gasteiger charge is -2.26. The molecule has 1 saturated carbocycles. The van der Waals surface area contributed by atoms with Gasteiger partial charge in [0.1, 0.15) is 0 Å². The van der Waals surface area contributed by atoms with Gasteiger partial charge in [-0.2, -0.15) is 18.3 Å². The first-order chi connectivity index (χ1) is 14.8. The topological polar surface area (TPSA) is 85.3 Å². The summed E-state index contributed by atoms with van der Waals surface area (Å²) < 4.78 is 46.6. The fraction of sp³-hybridized carbons (Fsp3) is 0.571. The highest BCUT2D eigenvalue weighted by molar-refractivity contribution is 5.95. The van der Waals surface area contributed by atoms with Crippen molar-refractivity contribution in [2.45, 2.75) is 50.4 Å². The van der Waals surface area contributed by atoms with E-state index in [9.17, 15) is 22.8 Å². The molecule has 31 heavy (non-hydrogen) atoms. The molecule has 2 aliphatic rings. The van der Waals surface area contributed by atoms with Crippen LogP contribution in [0.5, 0.6) is 0 Å². The summed E-state index contributed by atoms with van der Waals surface area (Å²) in [5.74, 6) is -1.08. The monoisotopic (exact) mass is 440 g/mol. The Bertz CT molecular complexity index is 839. The molecule has 0 aromatic carbocycles. The Balaban J connectivity index is 1.53. The van der Waals surface area contributed by atoms with E-state index < -0.39 is 23.3 Å². The summed E-state index contributed by atoms with van der Waals surface area (Å²) in [7, 11) is 1.66. The fourth-order valence-corrected chi connectivity index (χ4v) is 3.86. The predicted octanol–water partition coefficient (Wildman–Crippen LogP) is 3.01. The summed E-state index contributed by atoms with van der Waals surface area (Å²) in [5, 5.41) is 8.81. The molecule has 0 radical (unpaired) electrons. The van der Waals surface area contributed by atoms with Gasteiger partial charge >= 0.3 is 6.18 Å². The SMILES string of the molecule is COC1CCC(C(=O)NCCNC(=O)c2cn(C3C=CC=CC3)nc2C(F)(F)F)CC1. The molecule has 10 heteroatoms. The minimum atomic E-state index is -4.75. The molecular weight excluding hydrogens is 413 g/mol. The maximum atomic E-state index is 13.4. The Labute approximate surface area is 178 Å². The molecule has 0 bridgehead atoms. The number of carbonyl (C=O) groups is 2. The average Bonchev–Trinajstić information content (AvgIpc) is 3.23. The van der Waals surface area contributed by atoms with E-state index in [4.69, 9.17) is 4.74 Å². The van der Waals surface area contributed by atoms with E-state index in [1.54, 1.807) is 25.3 Å². The van der Waals surface area contributed by atoms with Gasteiger partial charge in [0.15, 0.2) is 5.69 Å². The smallest absolute Gasteiger partial charge is 0.381 e. The van der Waals surface area contributed by atoms with Crippen molar-refractivity contribution in [1.82, 2.24) is 20.4 Å². The van der Waals surface area contributed by atoms with Crippen molar-refractivity contribution in [1.29, 1.82) is 0 Å². The van der Waals surface area contributed by atoms with Crippen LogP contribution in [0.1, 0.15) is 54.2 Å². The Kier molecular flexibility index (Phi) is 7.53. The molecule has 7 nitrogen and oxygen atoms in total. The van der Waals surface area contributed by atoms with Crippen LogP contribution in [-0.2, 0) is 15.7 Å². The van der Waals surface area contributed by atoms with Crippen molar-refractivity contribution in [3.8, 4) is 0 Å². The summed E-state index contributed by atoms with van der Waals surface area (Å²) in [6.07, 6.45) is 7.24. The van der Waals surface area contributed by atoms with Gasteiger partial charge in [-0.1, -0.05) is 24.3 Å². The number of nitrogens with one attached hydrogen (secondary N) is 2. The van der Waals surface area contributed by atoms with Gasteiger partial charge in [0.05, 0.1) is 17.7 Å². The van der Waals surface area contributed by atoms with E-state index in [0.717, 1.165) is 36.6 Å². The first-order valence-corrected chi connectivity index (χ1v) is 10.4. The minimum absolute atomic E-state index is 0.0204.